The Kier molecular flexibility index (Phi) is 3.36. The first-order valence-corrected chi connectivity index (χ1v) is 5.74. The molecule has 2 amide bonds. The molecule has 1 fully saturated rings. The van der Waals surface area contributed by atoms with Gasteiger partial charge in [-0.2, -0.15) is 0 Å². The second-order valence-corrected chi connectivity index (χ2v) is 4.21. The Morgan fingerprint density at radius 3 is 2.78 bits per heavy atom. The van der Waals surface area contributed by atoms with Gasteiger partial charge in [-0.05, 0) is 25.0 Å². The molecule has 2 rings (SSSR count). The van der Waals surface area contributed by atoms with Gasteiger partial charge in [-0.15, -0.1) is 0 Å². The number of carbonyl (C=O) groups is 2. The van der Waals surface area contributed by atoms with E-state index >= 15 is 0 Å². The number of aliphatic carboxylic acids is 1. The number of benzene rings is 1. The number of likely N-dealkylation sites (tertiary alicyclic amines) is 1. The summed E-state index contributed by atoms with van der Waals surface area (Å²) >= 11 is 0. The minimum atomic E-state index is -0.969. The number of carboxylic acids is 1. The maximum atomic E-state index is 12.0. The fraction of sp³-hybridized carbons (Fsp3) is 0.333. The fourth-order valence-corrected chi connectivity index (χ4v) is 2.06. The van der Waals surface area contributed by atoms with Crippen LogP contribution in [-0.2, 0) is 4.79 Å². The van der Waals surface area contributed by atoms with E-state index in [1.165, 1.54) is 4.90 Å². The first-order valence-electron chi connectivity index (χ1n) is 5.74. The van der Waals surface area contributed by atoms with Crippen LogP contribution in [0.15, 0.2) is 24.3 Å². The summed E-state index contributed by atoms with van der Waals surface area (Å²) in [5.74, 6) is -0.969. The number of hydrogen-bond acceptors (Lipinski definition) is 3. The lowest BCUT2D eigenvalue weighted by Crippen LogP contribution is -2.42. The molecule has 4 N–H and O–H groups in total. The van der Waals surface area contributed by atoms with Crippen molar-refractivity contribution in [1.29, 1.82) is 0 Å². The largest absolute Gasteiger partial charge is 0.480 e. The van der Waals surface area contributed by atoms with Crippen LogP contribution in [-0.4, -0.2) is 34.6 Å². The molecule has 0 spiro atoms. The number of nitrogens with zero attached hydrogens (tertiary/aromatic N) is 1. The van der Waals surface area contributed by atoms with Crippen LogP contribution in [0.25, 0.3) is 0 Å². The summed E-state index contributed by atoms with van der Waals surface area (Å²) < 4.78 is 0. The van der Waals surface area contributed by atoms with Crippen LogP contribution in [0.1, 0.15) is 12.8 Å². The molecule has 1 heterocycles. The summed E-state index contributed by atoms with van der Waals surface area (Å²) in [4.78, 5) is 24.3. The van der Waals surface area contributed by atoms with Crippen LogP contribution in [0.5, 0.6) is 0 Å². The molecule has 6 heteroatoms. The van der Waals surface area contributed by atoms with Gasteiger partial charge in [0.15, 0.2) is 0 Å². The van der Waals surface area contributed by atoms with E-state index in [-0.39, 0.29) is 0 Å². The van der Waals surface area contributed by atoms with Gasteiger partial charge in [0.05, 0.1) is 11.4 Å². The number of nitrogens with one attached hydrogen (secondary N) is 1. The molecule has 6 nitrogen and oxygen atoms in total. The van der Waals surface area contributed by atoms with Crippen LogP contribution in [0.3, 0.4) is 0 Å². The normalized spacial score (nSPS) is 18.7. The number of amides is 2. The van der Waals surface area contributed by atoms with E-state index in [0.717, 1.165) is 0 Å². The molecule has 1 atom stereocenters. The van der Waals surface area contributed by atoms with Crippen molar-refractivity contribution in [2.45, 2.75) is 18.9 Å². The van der Waals surface area contributed by atoms with Crippen molar-refractivity contribution in [1.82, 2.24) is 4.90 Å². The first-order chi connectivity index (χ1) is 8.59. The van der Waals surface area contributed by atoms with Gasteiger partial charge in [0.2, 0.25) is 0 Å². The summed E-state index contributed by atoms with van der Waals surface area (Å²) in [6.45, 7) is 0.454. The number of carboxylic acid groups (broad SMARTS) is 1. The number of anilines is 2. The first kappa shape index (κ1) is 12.2. The standard InChI is InChI=1S/C12H15N3O3/c13-8-4-1-2-5-9(8)14-12(18)15-7-3-6-10(15)11(16)17/h1-2,4-5,10H,3,6-7,13H2,(H,14,18)(H,16,17)/t10-/m1/s1. The highest BCUT2D eigenvalue weighted by Gasteiger charge is 2.34. The molecule has 1 saturated heterocycles. The predicted molar refractivity (Wildman–Crippen MR) is 67.2 cm³/mol. The molecule has 18 heavy (non-hydrogen) atoms. The van der Waals surface area contributed by atoms with E-state index in [4.69, 9.17) is 10.8 Å². The van der Waals surface area contributed by atoms with Gasteiger partial charge in [-0.25, -0.2) is 9.59 Å². The van der Waals surface area contributed by atoms with Gasteiger partial charge in [0.25, 0.3) is 0 Å². The van der Waals surface area contributed by atoms with Crippen LogP contribution in [0.4, 0.5) is 16.2 Å². The number of hydrogen-bond donors (Lipinski definition) is 3. The van der Waals surface area contributed by atoms with Crippen molar-refractivity contribution < 1.29 is 14.7 Å². The minimum absolute atomic E-state index is 0.419. The number of nitrogens with two attached hydrogens (primary N) is 1. The molecular formula is C12H15N3O3. The zero-order chi connectivity index (χ0) is 13.1. The van der Waals surface area contributed by atoms with Crippen molar-refractivity contribution in [3.63, 3.8) is 0 Å². The molecule has 0 bridgehead atoms. The monoisotopic (exact) mass is 249 g/mol. The molecule has 96 valence electrons. The van der Waals surface area contributed by atoms with E-state index in [9.17, 15) is 9.59 Å². The van der Waals surface area contributed by atoms with Gasteiger partial charge in [0.1, 0.15) is 6.04 Å². The summed E-state index contributed by atoms with van der Waals surface area (Å²) in [5, 5.41) is 11.6. The Morgan fingerprint density at radius 2 is 2.11 bits per heavy atom. The second kappa shape index (κ2) is 4.95. The SMILES string of the molecule is Nc1ccccc1NC(=O)N1CCC[C@@H]1C(=O)O. The van der Waals surface area contributed by atoms with Gasteiger partial charge in [0, 0.05) is 6.54 Å². The molecule has 0 aliphatic carbocycles. The zero-order valence-corrected chi connectivity index (χ0v) is 9.80. The number of para-hydroxylation sites is 2. The smallest absolute Gasteiger partial charge is 0.326 e. The third-order valence-electron chi connectivity index (χ3n) is 3.00. The van der Waals surface area contributed by atoms with Crippen molar-refractivity contribution >= 4 is 23.4 Å². The van der Waals surface area contributed by atoms with Crippen LogP contribution in [0, 0.1) is 0 Å². The van der Waals surface area contributed by atoms with Gasteiger partial charge < -0.3 is 21.1 Å². The maximum absolute atomic E-state index is 12.0. The topological polar surface area (TPSA) is 95.7 Å². The van der Waals surface area contributed by atoms with Crippen molar-refractivity contribution in [3.8, 4) is 0 Å². The average Bonchev–Trinajstić information content (AvgIpc) is 2.81. The molecule has 1 aliphatic heterocycles. The Balaban J connectivity index is 2.08. The van der Waals surface area contributed by atoms with Crippen LogP contribution >= 0.6 is 0 Å². The lowest BCUT2D eigenvalue weighted by Gasteiger charge is -2.22. The highest BCUT2D eigenvalue weighted by atomic mass is 16.4. The highest BCUT2D eigenvalue weighted by molar-refractivity contribution is 5.95. The molecule has 1 aliphatic rings. The minimum Gasteiger partial charge on any atom is -0.480 e. The van der Waals surface area contributed by atoms with Crippen molar-refractivity contribution in [2.24, 2.45) is 0 Å². The lowest BCUT2D eigenvalue weighted by atomic mass is 10.2. The predicted octanol–water partition coefficient (Wildman–Crippen LogP) is 1.35. The summed E-state index contributed by atoms with van der Waals surface area (Å²) in [6.07, 6.45) is 1.20. The summed E-state index contributed by atoms with van der Waals surface area (Å²) in [5.41, 5.74) is 6.67. The number of urea groups is 1. The van der Waals surface area contributed by atoms with E-state index < -0.39 is 18.0 Å². The Morgan fingerprint density at radius 1 is 1.39 bits per heavy atom. The third kappa shape index (κ3) is 2.37. The second-order valence-electron chi connectivity index (χ2n) is 4.21. The average molecular weight is 249 g/mol. The highest BCUT2D eigenvalue weighted by Crippen LogP contribution is 2.21. The zero-order valence-electron chi connectivity index (χ0n) is 9.80. The molecule has 0 saturated carbocycles. The molecule has 0 unspecified atom stereocenters. The fourth-order valence-electron chi connectivity index (χ4n) is 2.06. The number of carbonyl (C=O) groups excluding carboxylic acids is 1. The van der Waals surface area contributed by atoms with Crippen molar-refractivity contribution in [2.75, 3.05) is 17.6 Å². The van der Waals surface area contributed by atoms with E-state index in [2.05, 4.69) is 5.32 Å². The van der Waals surface area contributed by atoms with Crippen LogP contribution in [0.2, 0.25) is 0 Å². The Hall–Kier alpha value is -2.24. The summed E-state index contributed by atoms with van der Waals surface area (Å²) in [7, 11) is 0. The molecule has 0 aromatic heterocycles. The van der Waals surface area contributed by atoms with Gasteiger partial charge >= 0.3 is 12.0 Å². The molecule has 0 radical (unpaired) electrons. The van der Waals surface area contributed by atoms with E-state index in [1.54, 1.807) is 24.3 Å². The molecular weight excluding hydrogens is 234 g/mol. The van der Waals surface area contributed by atoms with Crippen molar-refractivity contribution in [3.05, 3.63) is 24.3 Å². The maximum Gasteiger partial charge on any atom is 0.326 e. The lowest BCUT2D eigenvalue weighted by molar-refractivity contribution is -0.141. The quantitative estimate of drug-likeness (QED) is 0.689. The Bertz CT molecular complexity index is 475. The van der Waals surface area contributed by atoms with E-state index in [1.807, 2.05) is 0 Å². The number of rotatable bonds is 2. The molecule has 1 aromatic carbocycles. The van der Waals surface area contributed by atoms with Gasteiger partial charge in [-0.3, -0.25) is 0 Å². The van der Waals surface area contributed by atoms with Crippen LogP contribution < -0.4 is 11.1 Å². The number of nitrogen functional groups attached to an aromatic ring is 1. The molecule has 1 aromatic rings. The van der Waals surface area contributed by atoms with Gasteiger partial charge in [-0.1, -0.05) is 12.1 Å². The summed E-state index contributed by atoms with van der Waals surface area (Å²) in [6, 6.07) is 5.71. The van der Waals surface area contributed by atoms with E-state index in [0.29, 0.717) is 30.8 Å². The Labute approximate surface area is 104 Å². The third-order valence-corrected chi connectivity index (χ3v) is 3.00.